The Kier molecular flexibility index (Phi) is 4.91. The molecular formula is C10H12F4O2S. The van der Waals surface area contributed by atoms with E-state index >= 15 is 0 Å². The van der Waals surface area contributed by atoms with Crippen LogP contribution < -0.4 is 0 Å². The van der Waals surface area contributed by atoms with Gasteiger partial charge in [-0.2, -0.15) is 8.78 Å². The molecule has 0 spiro atoms. The number of halogens is 4. The van der Waals surface area contributed by atoms with Crippen LogP contribution in [0, 0.1) is 6.92 Å². The lowest BCUT2D eigenvalue weighted by atomic mass is 10.2. The van der Waals surface area contributed by atoms with Gasteiger partial charge in [0.2, 0.25) is 0 Å². The highest BCUT2D eigenvalue weighted by Gasteiger charge is 2.41. The van der Waals surface area contributed by atoms with E-state index in [1.54, 1.807) is 11.4 Å². The lowest BCUT2D eigenvalue weighted by molar-refractivity contribution is -0.170. The molecule has 1 aromatic heterocycles. The molecular weight excluding hydrogens is 260 g/mol. The molecule has 0 radical (unpaired) electrons. The summed E-state index contributed by atoms with van der Waals surface area (Å²) >= 11 is 1.39. The summed E-state index contributed by atoms with van der Waals surface area (Å²) < 4.78 is 52.9. The van der Waals surface area contributed by atoms with Crippen molar-refractivity contribution < 1.29 is 27.4 Å². The molecule has 0 saturated carbocycles. The predicted molar refractivity (Wildman–Crippen MR) is 55.8 cm³/mol. The largest absolute Gasteiger partial charge is 0.386 e. The Morgan fingerprint density at radius 2 is 2.12 bits per heavy atom. The number of aliphatic hydroxyl groups is 1. The molecule has 17 heavy (non-hydrogen) atoms. The molecule has 0 aromatic carbocycles. The Bertz CT molecular complexity index is 354. The normalized spacial score (nSPS) is 14.3. The van der Waals surface area contributed by atoms with Gasteiger partial charge in [-0.1, -0.05) is 0 Å². The number of ether oxygens (including phenoxy) is 1. The Balaban J connectivity index is 2.37. The smallest absolute Gasteiger partial charge is 0.330 e. The Morgan fingerprint density at radius 3 is 2.59 bits per heavy atom. The van der Waals surface area contributed by atoms with Gasteiger partial charge in [-0.3, -0.25) is 0 Å². The summed E-state index contributed by atoms with van der Waals surface area (Å²) in [5, 5.41) is 11.2. The van der Waals surface area contributed by atoms with Crippen molar-refractivity contribution in [2.75, 3.05) is 13.2 Å². The van der Waals surface area contributed by atoms with E-state index in [0.717, 1.165) is 4.88 Å². The van der Waals surface area contributed by atoms with E-state index in [2.05, 4.69) is 4.74 Å². The van der Waals surface area contributed by atoms with Crippen molar-refractivity contribution in [3.05, 3.63) is 21.9 Å². The molecule has 0 fully saturated rings. The van der Waals surface area contributed by atoms with E-state index in [4.69, 9.17) is 0 Å². The van der Waals surface area contributed by atoms with Gasteiger partial charge in [0.15, 0.2) is 0 Å². The molecule has 0 saturated heterocycles. The molecule has 1 aromatic rings. The topological polar surface area (TPSA) is 29.5 Å². The van der Waals surface area contributed by atoms with E-state index in [-0.39, 0.29) is 0 Å². The monoisotopic (exact) mass is 272 g/mol. The zero-order valence-electron chi connectivity index (χ0n) is 9.00. The fraction of sp³-hybridized carbons (Fsp3) is 0.600. The standard InChI is InChI=1S/C10H12F4O2S/c1-6-2-7(4-17-6)8(15)3-16-5-10(13,14)9(11)12/h2,4,8-9,15H,3,5H2,1H3. The van der Waals surface area contributed by atoms with Crippen molar-refractivity contribution in [3.63, 3.8) is 0 Å². The maximum Gasteiger partial charge on any atom is 0.330 e. The van der Waals surface area contributed by atoms with Crippen LogP contribution in [0.2, 0.25) is 0 Å². The van der Waals surface area contributed by atoms with Crippen molar-refractivity contribution in [3.8, 4) is 0 Å². The summed E-state index contributed by atoms with van der Waals surface area (Å²) in [4.78, 5) is 0.956. The van der Waals surface area contributed by atoms with E-state index in [1.165, 1.54) is 11.3 Å². The van der Waals surface area contributed by atoms with Crippen molar-refractivity contribution >= 4 is 11.3 Å². The SMILES string of the molecule is Cc1cc(C(O)COCC(F)(F)C(F)F)cs1. The van der Waals surface area contributed by atoms with Gasteiger partial charge in [0.25, 0.3) is 0 Å². The number of hydrogen-bond acceptors (Lipinski definition) is 3. The van der Waals surface area contributed by atoms with Crippen LogP contribution in [0.3, 0.4) is 0 Å². The van der Waals surface area contributed by atoms with Crippen LogP contribution in [0.25, 0.3) is 0 Å². The van der Waals surface area contributed by atoms with Gasteiger partial charge in [0.05, 0.1) is 6.61 Å². The molecule has 0 bridgehead atoms. The van der Waals surface area contributed by atoms with Gasteiger partial charge in [-0.05, 0) is 23.9 Å². The molecule has 1 unspecified atom stereocenters. The number of hydrogen-bond donors (Lipinski definition) is 1. The number of thiophene rings is 1. The number of alkyl halides is 4. The molecule has 0 aliphatic carbocycles. The predicted octanol–water partition coefficient (Wildman–Crippen LogP) is 3.01. The van der Waals surface area contributed by atoms with Crippen LogP contribution in [-0.2, 0) is 4.74 Å². The molecule has 1 atom stereocenters. The first kappa shape index (κ1) is 14.4. The molecule has 1 rings (SSSR count). The van der Waals surface area contributed by atoms with Gasteiger partial charge in [0, 0.05) is 4.88 Å². The Labute approximate surface area is 99.8 Å². The minimum atomic E-state index is -4.18. The Morgan fingerprint density at radius 1 is 1.47 bits per heavy atom. The van der Waals surface area contributed by atoms with E-state index in [0.29, 0.717) is 5.56 Å². The summed E-state index contributed by atoms with van der Waals surface area (Å²) in [5.74, 6) is -4.18. The van der Waals surface area contributed by atoms with Gasteiger partial charge in [-0.25, -0.2) is 8.78 Å². The molecule has 0 aliphatic rings. The molecule has 1 N–H and O–H groups in total. The lowest BCUT2D eigenvalue weighted by Gasteiger charge is -2.16. The summed E-state index contributed by atoms with van der Waals surface area (Å²) in [7, 11) is 0. The second-order valence-electron chi connectivity index (χ2n) is 3.58. The van der Waals surface area contributed by atoms with Crippen LogP contribution in [0.1, 0.15) is 16.5 Å². The van der Waals surface area contributed by atoms with Crippen molar-refractivity contribution in [2.24, 2.45) is 0 Å². The third-order valence-corrected chi connectivity index (χ3v) is 2.90. The number of rotatable bonds is 6. The van der Waals surface area contributed by atoms with Crippen molar-refractivity contribution in [1.82, 2.24) is 0 Å². The van der Waals surface area contributed by atoms with E-state index < -0.39 is 31.7 Å². The molecule has 0 aliphatic heterocycles. The first-order valence-corrected chi connectivity index (χ1v) is 5.67. The average Bonchev–Trinajstić information content (AvgIpc) is 2.64. The van der Waals surface area contributed by atoms with Crippen LogP contribution >= 0.6 is 11.3 Å². The second-order valence-corrected chi connectivity index (χ2v) is 4.70. The molecule has 7 heteroatoms. The zero-order chi connectivity index (χ0) is 13.1. The molecule has 1 heterocycles. The third-order valence-electron chi connectivity index (χ3n) is 2.03. The van der Waals surface area contributed by atoms with E-state index in [9.17, 15) is 22.7 Å². The first-order chi connectivity index (χ1) is 7.83. The molecule has 98 valence electrons. The summed E-state index contributed by atoms with van der Waals surface area (Å²) in [6.45, 7) is -0.00395. The maximum absolute atomic E-state index is 12.4. The first-order valence-electron chi connectivity index (χ1n) is 4.79. The number of aryl methyl sites for hydroxylation is 1. The molecule has 2 nitrogen and oxygen atoms in total. The van der Waals surface area contributed by atoms with Gasteiger partial charge in [0.1, 0.15) is 12.7 Å². The summed E-state index contributed by atoms with van der Waals surface area (Å²) in [5.41, 5.74) is 0.535. The fourth-order valence-corrected chi connectivity index (χ4v) is 1.86. The third kappa shape index (κ3) is 4.25. The highest BCUT2D eigenvalue weighted by molar-refractivity contribution is 7.10. The Hall–Kier alpha value is -0.660. The number of aliphatic hydroxyl groups excluding tert-OH is 1. The quantitative estimate of drug-likeness (QED) is 0.807. The summed E-state index contributed by atoms with van der Waals surface area (Å²) in [6, 6.07) is 1.68. The van der Waals surface area contributed by atoms with Crippen LogP contribution in [0.4, 0.5) is 17.6 Å². The van der Waals surface area contributed by atoms with Gasteiger partial charge >= 0.3 is 12.3 Å². The minimum Gasteiger partial charge on any atom is -0.386 e. The van der Waals surface area contributed by atoms with Gasteiger partial charge in [-0.15, -0.1) is 11.3 Å². The van der Waals surface area contributed by atoms with Crippen LogP contribution in [-0.4, -0.2) is 30.7 Å². The maximum atomic E-state index is 12.4. The van der Waals surface area contributed by atoms with Crippen LogP contribution in [0.15, 0.2) is 11.4 Å². The average molecular weight is 272 g/mol. The van der Waals surface area contributed by atoms with E-state index in [1.807, 2.05) is 6.92 Å². The highest BCUT2D eigenvalue weighted by Crippen LogP contribution is 2.24. The lowest BCUT2D eigenvalue weighted by Crippen LogP contribution is -2.33. The second kappa shape index (κ2) is 5.79. The molecule has 0 amide bonds. The highest BCUT2D eigenvalue weighted by atomic mass is 32.1. The summed E-state index contributed by atoms with van der Waals surface area (Å²) in [6.07, 6.45) is -4.84. The van der Waals surface area contributed by atoms with Crippen molar-refractivity contribution in [2.45, 2.75) is 25.4 Å². The van der Waals surface area contributed by atoms with Gasteiger partial charge < -0.3 is 9.84 Å². The minimum absolute atomic E-state index is 0.432. The van der Waals surface area contributed by atoms with Crippen LogP contribution in [0.5, 0.6) is 0 Å². The fourth-order valence-electron chi connectivity index (χ4n) is 1.10. The zero-order valence-corrected chi connectivity index (χ0v) is 9.82. The van der Waals surface area contributed by atoms with Crippen molar-refractivity contribution in [1.29, 1.82) is 0 Å².